The van der Waals surface area contributed by atoms with Crippen LogP contribution >= 0.6 is 31.9 Å². The van der Waals surface area contributed by atoms with Crippen LogP contribution < -0.4 is 9.47 Å². The molecule has 0 aliphatic heterocycles. The molecular weight excluding hydrogens is 471 g/mol. The molecule has 2 rings (SSSR count). The summed E-state index contributed by atoms with van der Waals surface area (Å²) in [5.74, 6) is -1.07. The molecule has 4 nitrogen and oxygen atoms in total. The third-order valence-electron chi connectivity index (χ3n) is 3.98. The largest absolute Gasteiger partial charge is 0.493 e. The number of carboxylic acids is 1. The second-order valence-electron chi connectivity index (χ2n) is 6.16. The summed E-state index contributed by atoms with van der Waals surface area (Å²) in [5, 5.41) is 9.17. The van der Waals surface area contributed by atoms with Gasteiger partial charge in [0.15, 0.2) is 17.3 Å². The van der Waals surface area contributed by atoms with Gasteiger partial charge in [0, 0.05) is 11.6 Å². The molecule has 0 saturated heterocycles. The maximum Gasteiger partial charge on any atom is 0.310 e. The van der Waals surface area contributed by atoms with Crippen molar-refractivity contribution in [2.75, 3.05) is 7.11 Å². The lowest BCUT2D eigenvalue weighted by Gasteiger charge is -2.17. The second-order valence-corrected chi connectivity index (χ2v) is 7.87. The van der Waals surface area contributed by atoms with Crippen molar-refractivity contribution in [3.05, 3.63) is 50.2 Å². The number of ether oxygens (including phenoxy) is 2. The standard InChI is InChI=1S/C19H19Br2FO4/c1-9(2)13-7-12(8-16(22)17(13)25-4)26-18-14(20)5-11(6-15(18)21)10(3)19(23)24/h5-10H,1-4H3,(H,23,24). The van der Waals surface area contributed by atoms with E-state index in [1.165, 1.54) is 13.2 Å². The number of methoxy groups -OCH3 is 1. The zero-order valence-corrected chi connectivity index (χ0v) is 17.9. The Balaban J connectivity index is 2.44. The number of carbonyl (C=O) groups is 1. The molecule has 0 aliphatic rings. The van der Waals surface area contributed by atoms with E-state index in [1.54, 1.807) is 25.1 Å². The number of halogens is 3. The van der Waals surface area contributed by atoms with E-state index in [2.05, 4.69) is 31.9 Å². The SMILES string of the molecule is COc1c(F)cc(Oc2c(Br)cc(C(C)C(=O)O)cc2Br)cc1C(C)C. The molecule has 7 heteroatoms. The zero-order chi connectivity index (χ0) is 19.6. The first-order chi connectivity index (χ1) is 12.1. The van der Waals surface area contributed by atoms with Gasteiger partial charge in [-0.2, -0.15) is 0 Å². The average Bonchev–Trinajstić information content (AvgIpc) is 2.56. The summed E-state index contributed by atoms with van der Waals surface area (Å²) < 4.78 is 26.5. The summed E-state index contributed by atoms with van der Waals surface area (Å²) in [7, 11) is 1.43. The molecule has 2 aromatic rings. The van der Waals surface area contributed by atoms with Crippen LogP contribution in [-0.4, -0.2) is 18.2 Å². The summed E-state index contributed by atoms with van der Waals surface area (Å²) in [5.41, 5.74) is 1.32. The Morgan fingerprint density at radius 2 is 1.65 bits per heavy atom. The van der Waals surface area contributed by atoms with Crippen LogP contribution in [0.5, 0.6) is 17.2 Å². The molecule has 1 unspecified atom stereocenters. The molecule has 0 spiro atoms. The summed E-state index contributed by atoms with van der Waals surface area (Å²) in [6.45, 7) is 5.48. The van der Waals surface area contributed by atoms with Crippen molar-refractivity contribution in [3.63, 3.8) is 0 Å². The summed E-state index contributed by atoms with van der Waals surface area (Å²) in [6.07, 6.45) is 0. The van der Waals surface area contributed by atoms with Crippen LogP contribution in [0.1, 0.15) is 43.7 Å². The van der Waals surface area contributed by atoms with E-state index in [1.807, 2.05) is 13.8 Å². The van der Waals surface area contributed by atoms with E-state index < -0.39 is 17.7 Å². The molecule has 0 aromatic heterocycles. The highest BCUT2D eigenvalue weighted by molar-refractivity contribution is 9.11. The van der Waals surface area contributed by atoms with Gasteiger partial charge in [-0.25, -0.2) is 4.39 Å². The summed E-state index contributed by atoms with van der Waals surface area (Å²) in [4.78, 5) is 11.2. The van der Waals surface area contributed by atoms with E-state index in [9.17, 15) is 9.18 Å². The van der Waals surface area contributed by atoms with E-state index >= 15 is 0 Å². The Morgan fingerprint density at radius 3 is 2.12 bits per heavy atom. The maximum absolute atomic E-state index is 14.3. The van der Waals surface area contributed by atoms with Crippen molar-refractivity contribution < 1.29 is 23.8 Å². The third kappa shape index (κ3) is 4.38. The molecule has 0 amide bonds. The smallest absolute Gasteiger partial charge is 0.310 e. The van der Waals surface area contributed by atoms with E-state index in [0.29, 0.717) is 31.6 Å². The minimum atomic E-state index is -0.920. The zero-order valence-electron chi connectivity index (χ0n) is 14.8. The molecule has 0 heterocycles. The van der Waals surface area contributed by atoms with E-state index in [0.717, 1.165) is 0 Å². The average molecular weight is 490 g/mol. The van der Waals surface area contributed by atoms with Crippen LogP contribution in [0.4, 0.5) is 4.39 Å². The van der Waals surface area contributed by atoms with Crippen molar-refractivity contribution in [1.82, 2.24) is 0 Å². The Morgan fingerprint density at radius 1 is 1.08 bits per heavy atom. The van der Waals surface area contributed by atoms with Gasteiger partial charge >= 0.3 is 5.97 Å². The molecule has 1 N–H and O–H groups in total. The summed E-state index contributed by atoms with van der Waals surface area (Å²) >= 11 is 6.80. The number of benzene rings is 2. The van der Waals surface area contributed by atoms with Gasteiger partial charge in [-0.05, 0) is 68.5 Å². The van der Waals surface area contributed by atoms with Crippen LogP contribution in [0.25, 0.3) is 0 Å². The molecule has 0 fully saturated rings. The Kier molecular flexibility index (Phi) is 6.69. The highest BCUT2D eigenvalue weighted by Crippen LogP contribution is 2.41. The quantitative estimate of drug-likeness (QED) is 0.505. The number of aliphatic carboxylic acids is 1. The minimum absolute atomic E-state index is 0.0497. The lowest BCUT2D eigenvalue weighted by Crippen LogP contribution is -2.07. The van der Waals surface area contributed by atoms with Crippen LogP contribution in [-0.2, 0) is 4.79 Å². The van der Waals surface area contributed by atoms with Gasteiger partial charge in [-0.1, -0.05) is 13.8 Å². The predicted molar refractivity (Wildman–Crippen MR) is 105 cm³/mol. The van der Waals surface area contributed by atoms with Crippen molar-refractivity contribution in [3.8, 4) is 17.2 Å². The number of rotatable bonds is 6. The molecular formula is C19H19Br2FO4. The Hall–Kier alpha value is -1.60. The first-order valence-corrected chi connectivity index (χ1v) is 9.51. The highest BCUT2D eigenvalue weighted by atomic mass is 79.9. The normalized spacial score (nSPS) is 12.2. The van der Waals surface area contributed by atoms with E-state index in [-0.39, 0.29) is 11.7 Å². The van der Waals surface area contributed by atoms with Crippen LogP contribution in [0.2, 0.25) is 0 Å². The van der Waals surface area contributed by atoms with Gasteiger partial charge < -0.3 is 14.6 Å². The van der Waals surface area contributed by atoms with Gasteiger partial charge in [0.1, 0.15) is 5.75 Å². The lowest BCUT2D eigenvalue weighted by atomic mass is 10.0. The fourth-order valence-corrected chi connectivity index (χ4v) is 3.86. The fraction of sp³-hybridized carbons (Fsp3) is 0.316. The Labute approximate surface area is 168 Å². The number of hydrogen-bond acceptors (Lipinski definition) is 3. The first kappa shape index (κ1) is 20.7. The summed E-state index contributed by atoms with van der Waals surface area (Å²) in [6, 6.07) is 6.36. The first-order valence-electron chi connectivity index (χ1n) is 7.92. The molecule has 1 atom stereocenters. The van der Waals surface area contributed by atoms with Gasteiger partial charge in [0.2, 0.25) is 0 Å². The highest BCUT2D eigenvalue weighted by Gasteiger charge is 2.20. The molecule has 0 bridgehead atoms. The topological polar surface area (TPSA) is 55.8 Å². The predicted octanol–water partition coefficient (Wildman–Crippen LogP) is 6.46. The number of carboxylic acid groups (broad SMARTS) is 1. The molecule has 26 heavy (non-hydrogen) atoms. The van der Waals surface area contributed by atoms with Gasteiger partial charge in [0.25, 0.3) is 0 Å². The van der Waals surface area contributed by atoms with Gasteiger partial charge in [0.05, 0.1) is 22.0 Å². The monoisotopic (exact) mass is 488 g/mol. The van der Waals surface area contributed by atoms with Crippen molar-refractivity contribution in [2.45, 2.75) is 32.6 Å². The van der Waals surface area contributed by atoms with Crippen LogP contribution in [0.15, 0.2) is 33.2 Å². The van der Waals surface area contributed by atoms with Crippen molar-refractivity contribution in [2.24, 2.45) is 0 Å². The Bertz CT molecular complexity index is 814. The van der Waals surface area contributed by atoms with Crippen molar-refractivity contribution in [1.29, 1.82) is 0 Å². The third-order valence-corrected chi connectivity index (χ3v) is 5.16. The lowest BCUT2D eigenvalue weighted by molar-refractivity contribution is -0.138. The molecule has 0 radical (unpaired) electrons. The maximum atomic E-state index is 14.3. The molecule has 140 valence electrons. The molecule has 0 aliphatic carbocycles. The minimum Gasteiger partial charge on any atom is -0.493 e. The number of hydrogen-bond donors (Lipinski definition) is 1. The fourth-order valence-electron chi connectivity index (χ4n) is 2.48. The second kappa shape index (κ2) is 8.39. The molecule has 0 saturated carbocycles. The van der Waals surface area contributed by atoms with Crippen LogP contribution in [0.3, 0.4) is 0 Å². The molecule has 2 aromatic carbocycles. The van der Waals surface area contributed by atoms with Crippen LogP contribution in [0, 0.1) is 5.82 Å². The van der Waals surface area contributed by atoms with Crippen molar-refractivity contribution >= 4 is 37.8 Å². The van der Waals surface area contributed by atoms with Gasteiger partial charge in [-0.3, -0.25) is 4.79 Å². The van der Waals surface area contributed by atoms with Gasteiger partial charge in [-0.15, -0.1) is 0 Å². The van der Waals surface area contributed by atoms with E-state index in [4.69, 9.17) is 14.6 Å².